The van der Waals surface area contributed by atoms with Crippen molar-refractivity contribution in [2.24, 2.45) is 5.92 Å². The fourth-order valence-electron chi connectivity index (χ4n) is 2.22. The Morgan fingerprint density at radius 2 is 2.00 bits per heavy atom. The molecule has 1 aromatic rings. The van der Waals surface area contributed by atoms with Gasteiger partial charge in [-0.25, -0.2) is 0 Å². The van der Waals surface area contributed by atoms with Gasteiger partial charge >= 0.3 is 0 Å². The maximum Gasteiger partial charge on any atom is 0.249 e. The molecule has 0 spiro atoms. The van der Waals surface area contributed by atoms with Gasteiger partial charge in [-0.15, -0.1) is 0 Å². The Hall–Kier alpha value is -2.41. The Kier molecular flexibility index (Phi) is 5.33. The van der Waals surface area contributed by atoms with Crippen molar-refractivity contribution in [1.29, 1.82) is 0 Å². The van der Waals surface area contributed by atoms with Gasteiger partial charge in [-0.3, -0.25) is 14.4 Å². The van der Waals surface area contributed by atoms with Crippen LogP contribution in [0.25, 0.3) is 0 Å². The molecule has 0 aliphatic carbocycles. The highest BCUT2D eigenvalue weighted by molar-refractivity contribution is 5.98. The zero-order valence-electron chi connectivity index (χ0n) is 13.2. The molecule has 7 heteroatoms. The van der Waals surface area contributed by atoms with Gasteiger partial charge in [0.1, 0.15) is 6.04 Å². The van der Waals surface area contributed by atoms with E-state index in [1.165, 1.54) is 0 Å². The molecule has 23 heavy (non-hydrogen) atoms. The van der Waals surface area contributed by atoms with Crippen LogP contribution in [-0.4, -0.2) is 35.5 Å². The van der Waals surface area contributed by atoms with Gasteiger partial charge < -0.3 is 21.1 Å². The summed E-state index contributed by atoms with van der Waals surface area (Å²) in [6.45, 7) is 2.93. The number of benzene rings is 1. The largest absolute Gasteiger partial charge is 0.394 e. The molecule has 1 heterocycles. The number of carbonyl (C=O) groups excluding carboxylic acids is 3. The molecular formula is C16H21N3O4. The molecule has 0 aromatic heterocycles. The molecule has 0 radical (unpaired) electrons. The molecule has 124 valence electrons. The first-order chi connectivity index (χ1) is 10.9. The third-order valence-corrected chi connectivity index (χ3v) is 3.61. The molecule has 2 rings (SSSR count). The van der Waals surface area contributed by atoms with E-state index in [0.29, 0.717) is 18.5 Å². The minimum atomic E-state index is -0.999. The van der Waals surface area contributed by atoms with Gasteiger partial charge in [-0.05, 0) is 30.2 Å². The molecule has 4 N–H and O–H groups in total. The molecule has 0 bridgehead atoms. The molecule has 1 aromatic carbocycles. The van der Waals surface area contributed by atoms with Crippen LogP contribution in [0.2, 0.25) is 0 Å². The lowest BCUT2D eigenvalue weighted by molar-refractivity contribution is -0.129. The second-order valence-electron chi connectivity index (χ2n) is 5.81. The summed E-state index contributed by atoms with van der Waals surface area (Å²) in [7, 11) is 0. The number of amides is 3. The molecule has 1 aliphatic heterocycles. The van der Waals surface area contributed by atoms with E-state index in [0.717, 1.165) is 11.3 Å². The van der Waals surface area contributed by atoms with Crippen LogP contribution in [0.5, 0.6) is 0 Å². The normalized spacial score (nSPS) is 14.7. The van der Waals surface area contributed by atoms with E-state index < -0.39 is 18.6 Å². The fraction of sp³-hybridized carbons (Fsp3) is 0.438. The first kappa shape index (κ1) is 17.0. The first-order valence-electron chi connectivity index (χ1n) is 7.55. The zero-order chi connectivity index (χ0) is 17.0. The van der Waals surface area contributed by atoms with Crippen molar-refractivity contribution >= 4 is 29.1 Å². The highest BCUT2D eigenvalue weighted by Crippen LogP contribution is 2.25. The maximum absolute atomic E-state index is 12.2. The van der Waals surface area contributed by atoms with Crippen LogP contribution < -0.4 is 16.0 Å². The van der Waals surface area contributed by atoms with Gasteiger partial charge in [-0.1, -0.05) is 13.8 Å². The Labute approximate surface area is 134 Å². The summed E-state index contributed by atoms with van der Waals surface area (Å²) in [4.78, 5) is 35.1. The Morgan fingerprint density at radius 3 is 2.65 bits per heavy atom. The van der Waals surface area contributed by atoms with Crippen LogP contribution in [0.4, 0.5) is 11.4 Å². The third-order valence-electron chi connectivity index (χ3n) is 3.61. The quantitative estimate of drug-likeness (QED) is 0.639. The van der Waals surface area contributed by atoms with Gasteiger partial charge in [0, 0.05) is 23.7 Å². The SMILES string of the molecule is CC(C)C(=O)N[C@@H](CO)C(=O)Nc1ccc2c(c1)CCC(=O)N2. The van der Waals surface area contributed by atoms with E-state index in [-0.39, 0.29) is 17.7 Å². The summed E-state index contributed by atoms with van der Waals surface area (Å²) in [6.07, 6.45) is 1.02. The average molecular weight is 319 g/mol. The summed E-state index contributed by atoms with van der Waals surface area (Å²) >= 11 is 0. The van der Waals surface area contributed by atoms with Gasteiger partial charge in [0.2, 0.25) is 17.7 Å². The molecule has 0 saturated carbocycles. The number of rotatable bonds is 5. The van der Waals surface area contributed by atoms with Gasteiger partial charge in [0.15, 0.2) is 0 Å². The minimum Gasteiger partial charge on any atom is -0.394 e. The lowest BCUT2D eigenvalue weighted by Crippen LogP contribution is -2.47. The van der Waals surface area contributed by atoms with Crippen LogP contribution in [-0.2, 0) is 20.8 Å². The number of aliphatic hydroxyl groups excluding tert-OH is 1. The summed E-state index contributed by atoms with van der Waals surface area (Å²) in [5.74, 6) is -1.08. The molecule has 7 nitrogen and oxygen atoms in total. The Bertz CT molecular complexity index is 628. The molecular weight excluding hydrogens is 298 g/mol. The minimum absolute atomic E-state index is 0.0222. The number of carbonyl (C=O) groups is 3. The van der Waals surface area contributed by atoms with Crippen molar-refractivity contribution in [3.05, 3.63) is 23.8 Å². The number of aryl methyl sites for hydroxylation is 1. The zero-order valence-corrected chi connectivity index (χ0v) is 13.2. The predicted octanol–water partition coefficient (Wildman–Crippen LogP) is 0.643. The number of hydrogen-bond acceptors (Lipinski definition) is 4. The van der Waals surface area contributed by atoms with E-state index in [9.17, 15) is 19.5 Å². The molecule has 1 atom stereocenters. The lowest BCUT2D eigenvalue weighted by atomic mass is 10.0. The molecule has 1 aliphatic rings. The van der Waals surface area contributed by atoms with Crippen molar-refractivity contribution < 1.29 is 19.5 Å². The number of nitrogens with one attached hydrogen (secondary N) is 3. The van der Waals surface area contributed by atoms with Gasteiger partial charge in [0.05, 0.1) is 6.61 Å². The first-order valence-corrected chi connectivity index (χ1v) is 7.55. The average Bonchev–Trinajstić information content (AvgIpc) is 2.52. The molecule has 0 unspecified atom stereocenters. The van der Waals surface area contributed by atoms with Crippen LogP contribution in [0.15, 0.2) is 18.2 Å². The summed E-state index contributed by atoms with van der Waals surface area (Å²) in [5, 5.41) is 17.2. The lowest BCUT2D eigenvalue weighted by Gasteiger charge is -2.20. The van der Waals surface area contributed by atoms with E-state index in [4.69, 9.17) is 0 Å². The summed E-state index contributed by atoms with van der Waals surface area (Å²) in [5.41, 5.74) is 2.24. The monoisotopic (exact) mass is 319 g/mol. The summed E-state index contributed by atoms with van der Waals surface area (Å²) < 4.78 is 0. The van der Waals surface area contributed by atoms with Gasteiger partial charge in [-0.2, -0.15) is 0 Å². The van der Waals surface area contributed by atoms with Crippen LogP contribution in [0.1, 0.15) is 25.8 Å². The maximum atomic E-state index is 12.2. The van der Waals surface area contributed by atoms with Crippen molar-refractivity contribution in [2.45, 2.75) is 32.7 Å². The Balaban J connectivity index is 2.04. The molecule has 3 amide bonds. The van der Waals surface area contributed by atoms with Crippen molar-refractivity contribution in [1.82, 2.24) is 5.32 Å². The highest BCUT2D eigenvalue weighted by Gasteiger charge is 2.22. The fourth-order valence-corrected chi connectivity index (χ4v) is 2.22. The van der Waals surface area contributed by atoms with Crippen LogP contribution in [0, 0.1) is 5.92 Å². The second kappa shape index (κ2) is 7.23. The van der Waals surface area contributed by atoms with Crippen molar-refractivity contribution in [3.63, 3.8) is 0 Å². The predicted molar refractivity (Wildman–Crippen MR) is 85.9 cm³/mol. The standard InChI is InChI=1S/C16H21N3O4/c1-9(2)15(22)19-13(8-20)16(23)17-11-4-5-12-10(7-11)3-6-14(21)18-12/h4-5,7,9,13,20H,3,6,8H2,1-2H3,(H,17,23)(H,18,21)(H,19,22)/t13-/m0/s1. The van der Waals surface area contributed by atoms with E-state index in [2.05, 4.69) is 16.0 Å². The third kappa shape index (κ3) is 4.29. The number of anilines is 2. The number of fused-ring (bicyclic) bond motifs is 1. The van der Waals surface area contributed by atoms with Crippen molar-refractivity contribution in [2.75, 3.05) is 17.2 Å². The van der Waals surface area contributed by atoms with E-state index in [1.54, 1.807) is 32.0 Å². The number of hydrogen-bond donors (Lipinski definition) is 4. The van der Waals surface area contributed by atoms with E-state index in [1.807, 2.05) is 0 Å². The van der Waals surface area contributed by atoms with Crippen molar-refractivity contribution in [3.8, 4) is 0 Å². The Morgan fingerprint density at radius 1 is 1.26 bits per heavy atom. The number of aliphatic hydroxyl groups is 1. The summed E-state index contributed by atoms with van der Waals surface area (Å²) in [6, 6.07) is 4.18. The van der Waals surface area contributed by atoms with Crippen LogP contribution >= 0.6 is 0 Å². The second-order valence-corrected chi connectivity index (χ2v) is 5.81. The van der Waals surface area contributed by atoms with Gasteiger partial charge in [0.25, 0.3) is 0 Å². The van der Waals surface area contributed by atoms with Crippen LogP contribution in [0.3, 0.4) is 0 Å². The molecule has 0 saturated heterocycles. The smallest absolute Gasteiger partial charge is 0.249 e. The highest BCUT2D eigenvalue weighted by atomic mass is 16.3. The van der Waals surface area contributed by atoms with E-state index >= 15 is 0 Å². The molecule has 0 fully saturated rings. The topological polar surface area (TPSA) is 108 Å².